The zero-order chi connectivity index (χ0) is 9.71. The summed E-state index contributed by atoms with van der Waals surface area (Å²) in [5.74, 6) is 0.488. The molecule has 1 aliphatic rings. The highest BCUT2D eigenvalue weighted by atomic mass is 16.1. The van der Waals surface area contributed by atoms with E-state index in [4.69, 9.17) is 0 Å². The third-order valence-electron chi connectivity index (χ3n) is 2.66. The third-order valence-corrected chi connectivity index (χ3v) is 2.66. The second-order valence-corrected chi connectivity index (χ2v) is 3.74. The predicted octanol–water partition coefficient (Wildman–Crippen LogP) is 0.534. The van der Waals surface area contributed by atoms with Crippen LogP contribution >= 0.6 is 0 Å². The van der Waals surface area contributed by atoms with Gasteiger partial charge in [0.05, 0.1) is 22.8 Å². The van der Waals surface area contributed by atoms with Gasteiger partial charge in [0, 0.05) is 13.0 Å². The Hall–Kier alpha value is -1.65. The summed E-state index contributed by atoms with van der Waals surface area (Å²) in [5, 5.41) is 11.3. The zero-order valence-corrected chi connectivity index (χ0v) is 7.82. The standard InChI is InChI=1S/C9H10N4O/c1-13-6-4-10-11-9(14)7(6)8(12-13)5-2-3-5/h4-5H,2-3H2,1H3,(H,11,14). The van der Waals surface area contributed by atoms with Crippen LogP contribution in [0.25, 0.3) is 10.9 Å². The average molecular weight is 190 g/mol. The minimum Gasteiger partial charge on any atom is -0.267 e. The van der Waals surface area contributed by atoms with Gasteiger partial charge in [0.2, 0.25) is 0 Å². The number of nitrogens with one attached hydrogen (secondary N) is 1. The van der Waals surface area contributed by atoms with Crippen molar-refractivity contribution >= 4 is 10.9 Å². The van der Waals surface area contributed by atoms with Gasteiger partial charge < -0.3 is 0 Å². The first-order valence-corrected chi connectivity index (χ1v) is 4.67. The van der Waals surface area contributed by atoms with Gasteiger partial charge in [-0.3, -0.25) is 9.48 Å². The largest absolute Gasteiger partial charge is 0.275 e. The molecule has 0 unspecified atom stereocenters. The van der Waals surface area contributed by atoms with Crippen molar-refractivity contribution in [1.82, 2.24) is 20.0 Å². The van der Waals surface area contributed by atoms with Crippen molar-refractivity contribution in [3.05, 3.63) is 22.2 Å². The first kappa shape index (κ1) is 7.73. The van der Waals surface area contributed by atoms with Crippen LogP contribution in [-0.4, -0.2) is 20.0 Å². The van der Waals surface area contributed by atoms with Crippen LogP contribution in [0.2, 0.25) is 0 Å². The van der Waals surface area contributed by atoms with Crippen molar-refractivity contribution in [1.29, 1.82) is 0 Å². The molecule has 14 heavy (non-hydrogen) atoms. The van der Waals surface area contributed by atoms with Crippen LogP contribution in [0, 0.1) is 0 Å². The lowest BCUT2D eigenvalue weighted by Crippen LogP contribution is -2.08. The van der Waals surface area contributed by atoms with Gasteiger partial charge in [0.15, 0.2) is 0 Å². The highest BCUT2D eigenvalue weighted by molar-refractivity contribution is 5.80. The topological polar surface area (TPSA) is 63.6 Å². The van der Waals surface area contributed by atoms with E-state index in [0.29, 0.717) is 11.3 Å². The highest BCUT2D eigenvalue weighted by Crippen LogP contribution is 2.41. The molecule has 1 aliphatic carbocycles. The monoisotopic (exact) mass is 190 g/mol. The second-order valence-electron chi connectivity index (χ2n) is 3.74. The lowest BCUT2D eigenvalue weighted by Gasteiger charge is -1.90. The van der Waals surface area contributed by atoms with E-state index in [2.05, 4.69) is 15.3 Å². The number of nitrogens with zero attached hydrogens (tertiary/aromatic N) is 3. The zero-order valence-electron chi connectivity index (χ0n) is 7.82. The van der Waals surface area contributed by atoms with E-state index >= 15 is 0 Å². The fourth-order valence-corrected chi connectivity index (χ4v) is 1.79. The summed E-state index contributed by atoms with van der Waals surface area (Å²) in [7, 11) is 1.84. The summed E-state index contributed by atoms with van der Waals surface area (Å²) in [6, 6.07) is 0. The van der Waals surface area contributed by atoms with E-state index in [1.54, 1.807) is 10.9 Å². The van der Waals surface area contributed by atoms with E-state index < -0.39 is 0 Å². The minimum absolute atomic E-state index is 0.127. The van der Waals surface area contributed by atoms with Gasteiger partial charge in [-0.1, -0.05) is 0 Å². The first-order chi connectivity index (χ1) is 6.77. The van der Waals surface area contributed by atoms with E-state index in [0.717, 1.165) is 24.1 Å². The Morgan fingerprint density at radius 1 is 1.57 bits per heavy atom. The van der Waals surface area contributed by atoms with Gasteiger partial charge in [0.25, 0.3) is 5.56 Å². The maximum absolute atomic E-state index is 11.6. The molecule has 2 aromatic heterocycles. The lowest BCUT2D eigenvalue weighted by molar-refractivity contribution is 0.765. The molecule has 5 heteroatoms. The Bertz CT molecular complexity index is 549. The quantitative estimate of drug-likeness (QED) is 0.713. The summed E-state index contributed by atoms with van der Waals surface area (Å²) in [4.78, 5) is 11.6. The first-order valence-electron chi connectivity index (χ1n) is 4.67. The number of hydrogen-bond acceptors (Lipinski definition) is 3. The minimum atomic E-state index is -0.127. The molecule has 0 aromatic carbocycles. The van der Waals surface area contributed by atoms with E-state index in [1.165, 1.54) is 0 Å². The summed E-state index contributed by atoms with van der Waals surface area (Å²) in [6.07, 6.45) is 3.94. The van der Waals surface area contributed by atoms with E-state index in [1.807, 2.05) is 7.05 Å². The molecule has 2 heterocycles. The van der Waals surface area contributed by atoms with Crippen LogP contribution in [0.15, 0.2) is 11.0 Å². The SMILES string of the molecule is Cn1nc(C2CC2)c2c(=O)[nH]ncc21. The van der Waals surface area contributed by atoms with Crippen molar-refractivity contribution in [2.45, 2.75) is 18.8 Å². The predicted molar refractivity (Wildman–Crippen MR) is 51.1 cm³/mol. The van der Waals surface area contributed by atoms with Crippen molar-refractivity contribution in [2.24, 2.45) is 7.05 Å². The maximum atomic E-state index is 11.6. The second kappa shape index (κ2) is 2.43. The molecule has 0 radical (unpaired) electrons. The Labute approximate surface area is 79.7 Å². The molecule has 0 aliphatic heterocycles. The molecular formula is C9H10N4O. The van der Waals surface area contributed by atoms with Crippen molar-refractivity contribution < 1.29 is 0 Å². The van der Waals surface area contributed by atoms with Crippen molar-refractivity contribution in [3.63, 3.8) is 0 Å². The molecule has 3 rings (SSSR count). The number of aryl methyl sites for hydroxylation is 1. The molecule has 1 fully saturated rings. The molecule has 0 bridgehead atoms. The number of fused-ring (bicyclic) bond motifs is 1. The molecule has 0 amide bonds. The summed E-state index contributed by atoms with van der Waals surface area (Å²) >= 11 is 0. The summed E-state index contributed by atoms with van der Waals surface area (Å²) in [5.41, 5.74) is 1.62. The van der Waals surface area contributed by atoms with Gasteiger partial charge in [-0.15, -0.1) is 0 Å². The van der Waals surface area contributed by atoms with Crippen LogP contribution < -0.4 is 5.56 Å². The van der Waals surface area contributed by atoms with Crippen LogP contribution in [0.1, 0.15) is 24.5 Å². The van der Waals surface area contributed by atoms with Crippen molar-refractivity contribution in [3.8, 4) is 0 Å². The molecule has 72 valence electrons. The van der Waals surface area contributed by atoms with Gasteiger partial charge in [-0.25, -0.2) is 5.10 Å². The Kier molecular flexibility index (Phi) is 1.34. The normalized spacial score (nSPS) is 16.4. The number of aromatic nitrogens is 4. The fraction of sp³-hybridized carbons (Fsp3) is 0.444. The Balaban J connectivity index is 2.45. The lowest BCUT2D eigenvalue weighted by atomic mass is 10.2. The van der Waals surface area contributed by atoms with Crippen LogP contribution in [-0.2, 0) is 7.05 Å². The van der Waals surface area contributed by atoms with Gasteiger partial charge >= 0.3 is 0 Å². The highest BCUT2D eigenvalue weighted by Gasteiger charge is 2.29. The molecule has 0 atom stereocenters. The number of hydrogen-bond donors (Lipinski definition) is 1. The van der Waals surface area contributed by atoms with Crippen LogP contribution in [0.4, 0.5) is 0 Å². The van der Waals surface area contributed by atoms with Gasteiger partial charge in [-0.05, 0) is 12.8 Å². The number of H-pyrrole nitrogens is 1. The van der Waals surface area contributed by atoms with Crippen LogP contribution in [0.5, 0.6) is 0 Å². The van der Waals surface area contributed by atoms with Gasteiger partial charge in [-0.2, -0.15) is 10.2 Å². The smallest absolute Gasteiger partial charge is 0.267 e. The fourth-order valence-electron chi connectivity index (χ4n) is 1.79. The average Bonchev–Trinajstić information content (AvgIpc) is 2.94. The molecule has 1 N–H and O–H groups in total. The number of aromatic amines is 1. The molecule has 0 saturated heterocycles. The summed E-state index contributed by atoms with van der Waals surface area (Å²) in [6.45, 7) is 0. The molecule has 2 aromatic rings. The van der Waals surface area contributed by atoms with E-state index in [-0.39, 0.29) is 5.56 Å². The van der Waals surface area contributed by atoms with Crippen molar-refractivity contribution in [2.75, 3.05) is 0 Å². The van der Waals surface area contributed by atoms with Crippen LogP contribution in [0.3, 0.4) is 0 Å². The Morgan fingerprint density at radius 2 is 2.36 bits per heavy atom. The van der Waals surface area contributed by atoms with E-state index in [9.17, 15) is 4.79 Å². The molecule has 5 nitrogen and oxygen atoms in total. The maximum Gasteiger partial charge on any atom is 0.275 e. The number of rotatable bonds is 1. The molecule has 0 spiro atoms. The van der Waals surface area contributed by atoms with Gasteiger partial charge in [0.1, 0.15) is 0 Å². The third kappa shape index (κ3) is 0.921. The Morgan fingerprint density at radius 3 is 3.07 bits per heavy atom. The molecule has 1 saturated carbocycles. The summed E-state index contributed by atoms with van der Waals surface area (Å²) < 4.78 is 1.73. The molecular weight excluding hydrogens is 180 g/mol.